The van der Waals surface area contributed by atoms with Gasteiger partial charge in [0, 0.05) is 32.0 Å². The summed E-state index contributed by atoms with van der Waals surface area (Å²) in [6, 6.07) is 3.69. The number of amides is 2. The van der Waals surface area contributed by atoms with E-state index in [1.165, 1.54) is 6.42 Å². The van der Waals surface area contributed by atoms with E-state index in [0.717, 1.165) is 25.2 Å². The zero-order chi connectivity index (χ0) is 12.8. The van der Waals surface area contributed by atoms with Crippen molar-refractivity contribution in [3.05, 3.63) is 30.1 Å². The van der Waals surface area contributed by atoms with Crippen molar-refractivity contribution < 1.29 is 4.79 Å². The second-order valence-corrected chi connectivity index (χ2v) is 4.84. The Hall–Kier alpha value is -1.62. The highest BCUT2D eigenvalue weighted by molar-refractivity contribution is 5.73. The van der Waals surface area contributed by atoms with Crippen LogP contribution in [0, 0.1) is 5.92 Å². The Morgan fingerprint density at radius 3 is 2.89 bits per heavy atom. The fraction of sp³-hybridized carbons (Fsp3) is 0.538. The van der Waals surface area contributed by atoms with Crippen LogP contribution in [-0.4, -0.2) is 42.6 Å². The van der Waals surface area contributed by atoms with Crippen molar-refractivity contribution >= 4 is 6.03 Å². The molecule has 0 spiro atoms. The second-order valence-electron chi connectivity index (χ2n) is 4.84. The van der Waals surface area contributed by atoms with Gasteiger partial charge in [-0.25, -0.2) is 4.79 Å². The lowest BCUT2D eigenvalue weighted by Crippen LogP contribution is -2.38. The molecule has 0 saturated carbocycles. The summed E-state index contributed by atoms with van der Waals surface area (Å²) in [5, 5.41) is 5.77. The molecular formula is C13H20N4O. The summed E-state index contributed by atoms with van der Waals surface area (Å²) in [6.45, 7) is 3.50. The maximum atomic E-state index is 11.6. The van der Waals surface area contributed by atoms with Crippen molar-refractivity contribution in [3.63, 3.8) is 0 Å². The normalized spacial score (nSPS) is 19.7. The van der Waals surface area contributed by atoms with Crippen LogP contribution in [0.1, 0.15) is 12.0 Å². The van der Waals surface area contributed by atoms with Gasteiger partial charge in [-0.15, -0.1) is 0 Å². The summed E-state index contributed by atoms with van der Waals surface area (Å²) < 4.78 is 0. The van der Waals surface area contributed by atoms with Crippen molar-refractivity contribution in [1.29, 1.82) is 0 Å². The Balaban J connectivity index is 1.63. The second kappa shape index (κ2) is 6.35. The molecule has 1 saturated heterocycles. The summed E-state index contributed by atoms with van der Waals surface area (Å²) in [5.41, 5.74) is 1.06. The summed E-state index contributed by atoms with van der Waals surface area (Å²) in [6.07, 6.45) is 4.62. The van der Waals surface area contributed by atoms with Gasteiger partial charge in [-0.3, -0.25) is 4.98 Å². The number of likely N-dealkylation sites (tertiary alicyclic amines) is 1. The third-order valence-electron chi connectivity index (χ3n) is 3.24. The monoisotopic (exact) mass is 248 g/mol. The summed E-state index contributed by atoms with van der Waals surface area (Å²) in [4.78, 5) is 17.8. The summed E-state index contributed by atoms with van der Waals surface area (Å²) in [5.74, 6) is 0.585. The first kappa shape index (κ1) is 12.8. The van der Waals surface area contributed by atoms with Crippen LogP contribution in [0.4, 0.5) is 4.79 Å². The number of nitrogens with zero attached hydrogens (tertiary/aromatic N) is 2. The molecule has 2 N–H and O–H groups in total. The van der Waals surface area contributed by atoms with Crippen molar-refractivity contribution in [3.8, 4) is 0 Å². The zero-order valence-corrected chi connectivity index (χ0v) is 10.7. The van der Waals surface area contributed by atoms with E-state index in [0.29, 0.717) is 12.5 Å². The minimum Gasteiger partial charge on any atom is -0.338 e. The van der Waals surface area contributed by atoms with Crippen molar-refractivity contribution in [2.45, 2.75) is 13.0 Å². The lowest BCUT2D eigenvalue weighted by molar-refractivity contribution is 0.238. The molecular weight excluding hydrogens is 228 g/mol. The Morgan fingerprint density at radius 1 is 1.44 bits per heavy atom. The van der Waals surface area contributed by atoms with Crippen LogP contribution in [0.5, 0.6) is 0 Å². The van der Waals surface area contributed by atoms with Crippen LogP contribution in [0.15, 0.2) is 24.5 Å². The first-order chi connectivity index (χ1) is 8.74. The predicted octanol–water partition coefficient (Wildman–Crippen LogP) is 0.832. The molecule has 0 bridgehead atoms. The van der Waals surface area contributed by atoms with E-state index in [-0.39, 0.29) is 6.03 Å². The highest BCUT2D eigenvalue weighted by Gasteiger charge is 2.19. The molecule has 5 heteroatoms. The van der Waals surface area contributed by atoms with Gasteiger partial charge in [-0.05, 0) is 43.6 Å². The van der Waals surface area contributed by atoms with Gasteiger partial charge in [0.25, 0.3) is 0 Å². The average molecular weight is 248 g/mol. The van der Waals surface area contributed by atoms with Crippen LogP contribution >= 0.6 is 0 Å². The number of rotatable bonds is 4. The summed E-state index contributed by atoms with van der Waals surface area (Å²) in [7, 11) is 2.11. The Bertz CT molecular complexity index is 382. The molecule has 2 rings (SSSR count). The minimum absolute atomic E-state index is 0.0960. The summed E-state index contributed by atoms with van der Waals surface area (Å²) >= 11 is 0. The smallest absolute Gasteiger partial charge is 0.315 e. The fourth-order valence-corrected chi connectivity index (χ4v) is 2.18. The first-order valence-electron chi connectivity index (χ1n) is 6.33. The number of aromatic nitrogens is 1. The predicted molar refractivity (Wildman–Crippen MR) is 70.1 cm³/mol. The SMILES string of the molecule is CN1CCC(CNC(=O)NCc2ccncc2)C1. The molecule has 1 aliphatic rings. The topological polar surface area (TPSA) is 57.3 Å². The van der Waals surface area contributed by atoms with Gasteiger partial charge >= 0.3 is 6.03 Å². The highest BCUT2D eigenvalue weighted by Crippen LogP contribution is 2.12. The van der Waals surface area contributed by atoms with Crippen LogP contribution < -0.4 is 10.6 Å². The van der Waals surface area contributed by atoms with Crippen molar-refractivity contribution in [2.24, 2.45) is 5.92 Å². The van der Waals surface area contributed by atoms with Gasteiger partial charge in [0.1, 0.15) is 0 Å². The molecule has 0 radical (unpaired) electrons. The van der Waals surface area contributed by atoms with Crippen LogP contribution in [-0.2, 0) is 6.54 Å². The molecule has 0 aromatic carbocycles. The van der Waals surface area contributed by atoms with Gasteiger partial charge in [0.15, 0.2) is 0 Å². The number of pyridine rings is 1. The van der Waals surface area contributed by atoms with Gasteiger partial charge < -0.3 is 15.5 Å². The highest BCUT2D eigenvalue weighted by atomic mass is 16.2. The molecule has 2 amide bonds. The van der Waals surface area contributed by atoms with Gasteiger partial charge in [0.05, 0.1) is 0 Å². The molecule has 1 aromatic rings. The molecule has 2 heterocycles. The quantitative estimate of drug-likeness (QED) is 0.830. The van der Waals surface area contributed by atoms with Crippen molar-refractivity contribution in [1.82, 2.24) is 20.5 Å². The van der Waals surface area contributed by atoms with Crippen LogP contribution in [0.3, 0.4) is 0 Å². The average Bonchev–Trinajstić information content (AvgIpc) is 2.81. The van der Waals surface area contributed by atoms with E-state index in [2.05, 4.69) is 27.6 Å². The van der Waals surface area contributed by atoms with E-state index < -0.39 is 0 Å². The zero-order valence-electron chi connectivity index (χ0n) is 10.7. The van der Waals surface area contributed by atoms with Crippen LogP contribution in [0.2, 0.25) is 0 Å². The van der Waals surface area contributed by atoms with Gasteiger partial charge in [0.2, 0.25) is 0 Å². The number of hydrogen-bond acceptors (Lipinski definition) is 3. The first-order valence-corrected chi connectivity index (χ1v) is 6.33. The fourth-order valence-electron chi connectivity index (χ4n) is 2.18. The molecule has 1 atom stereocenters. The maximum Gasteiger partial charge on any atom is 0.315 e. The largest absolute Gasteiger partial charge is 0.338 e. The molecule has 1 fully saturated rings. The van der Waals surface area contributed by atoms with Crippen LogP contribution in [0.25, 0.3) is 0 Å². The lowest BCUT2D eigenvalue weighted by atomic mass is 10.1. The Labute approximate surface area is 108 Å². The third-order valence-corrected chi connectivity index (χ3v) is 3.24. The van der Waals surface area contributed by atoms with Gasteiger partial charge in [-0.1, -0.05) is 0 Å². The lowest BCUT2D eigenvalue weighted by Gasteiger charge is -2.12. The Morgan fingerprint density at radius 2 is 2.22 bits per heavy atom. The van der Waals surface area contributed by atoms with E-state index in [1.807, 2.05) is 12.1 Å². The molecule has 18 heavy (non-hydrogen) atoms. The van der Waals surface area contributed by atoms with E-state index in [4.69, 9.17) is 0 Å². The number of carbonyl (C=O) groups is 1. The van der Waals surface area contributed by atoms with Crippen molar-refractivity contribution in [2.75, 3.05) is 26.7 Å². The van der Waals surface area contributed by atoms with Gasteiger partial charge in [-0.2, -0.15) is 0 Å². The van der Waals surface area contributed by atoms with E-state index in [1.54, 1.807) is 12.4 Å². The third kappa shape index (κ3) is 4.00. The van der Waals surface area contributed by atoms with E-state index in [9.17, 15) is 4.79 Å². The van der Waals surface area contributed by atoms with E-state index >= 15 is 0 Å². The molecule has 5 nitrogen and oxygen atoms in total. The molecule has 1 unspecified atom stereocenters. The molecule has 0 aliphatic carbocycles. The molecule has 1 aliphatic heterocycles. The number of urea groups is 1. The Kier molecular flexibility index (Phi) is 4.52. The number of hydrogen-bond donors (Lipinski definition) is 2. The minimum atomic E-state index is -0.0960. The number of carbonyl (C=O) groups excluding carboxylic acids is 1. The number of nitrogens with one attached hydrogen (secondary N) is 2. The standard InChI is InChI=1S/C13H20N4O/c1-17-7-4-12(10-17)9-16-13(18)15-8-11-2-5-14-6-3-11/h2-3,5-6,12H,4,7-10H2,1H3,(H2,15,16,18). The maximum absolute atomic E-state index is 11.6. The molecule has 98 valence electrons. The molecule has 1 aromatic heterocycles.